The molecule has 0 unspecified atom stereocenters. The number of pyridine rings is 2. The quantitative estimate of drug-likeness (QED) is 0.943. The Balaban J connectivity index is 2.23. The molecular formula is C13H15BrN4. The number of rotatable bonds is 4. The minimum atomic E-state index is 0.652. The first-order chi connectivity index (χ1) is 8.70. The molecule has 0 atom stereocenters. The third-order valence-corrected chi connectivity index (χ3v) is 3.19. The zero-order valence-electron chi connectivity index (χ0n) is 10.2. The lowest BCUT2D eigenvalue weighted by molar-refractivity contribution is 0.792. The summed E-state index contributed by atoms with van der Waals surface area (Å²) in [5.74, 6) is 0.886. The summed E-state index contributed by atoms with van der Waals surface area (Å²) in [6.07, 6.45) is 3.47. The van der Waals surface area contributed by atoms with Gasteiger partial charge in [0, 0.05) is 12.7 Å². The van der Waals surface area contributed by atoms with Crippen LogP contribution in [0, 0.1) is 0 Å². The zero-order valence-corrected chi connectivity index (χ0v) is 11.8. The summed E-state index contributed by atoms with van der Waals surface area (Å²) in [7, 11) is 0. The van der Waals surface area contributed by atoms with Crippen molar-refractivity contribution in [3.05, 3.63) is 46.8 Å². The summed E-state index contributed by atoms with van der Waals surface area (Å²) >= 11 is 3.50. The van der Waals surface area contributed by atoms with Gasteiger partial charge in [0.1, 0.15) is 5.82 Å². The lowest BCUT2D eigenvalue weighted by atomic mass is 10.3. The zero-order chi connectivity index (χ0) is 13.0. The largest absolute Gasteiger partial charge is 0.397 e. The normalized spacial score (nSPS) is 10.3. The molecule has 0 amide bonds. The molecule has 18 heavy (non-hydrogen) atoms. The fraction of sp³-hybridized carbons (Fsp3) is 0.231. The van der Waals surface area contributed by atoms with Crippen molar-refractivity contribution in [3.8, 4) is 0 Å². The molecule has 0 aliphatic heterocycles. The van der Waals surface area contributed by atoms with Crippen molar-refractivity contribution in [1.29, 1.82) is 0 Å². The van der Waals surface area contributed by atoms with Crippen LogP contribution in [0.2, 0.25) is 0 Å². The van der Waals surface area contributed by atoms with Crippen LogP contribution in [0.3, 0.4) is 0 Å². The number of anilines is 2. The predicted molar refractivity (Wildman–Crippen MR) is 77.3 cm³/mol. The van der Waals surface area contributed by atoms with E-state index in [1.165, 1.54) is 0 Å². The van der Waals surface area contributed by atoms with E-state index in [1.807, 2.05) is 24.3 Å². The topological polar surface area (TPSA) is 55.0 Å². The fourth-order valence-electron chi connectivity index (χ4n) is 1.70. The average molecular weight is 307 g/mol. The van der Waals surface area contributed by atoms with Gasteiger partial charge in [0.05, 0.1) is 28.6 Å². The van der Waals surface area contributed by atoms with Crippen molar-refractivity contribution in [2.45, 2.75) is 13.5 Å². The second-order valence-electron chi connectivity index (χ2n) is 3.91. The van der Waals surface area contributed by atoms with Crippen LogP contribution in [0.15, 0.2) is 41.1 Å². The highest BCUT2D eigenvalue weighted by Crippen LogP contribution is 2.26. The third kappa shape index (κ3) is 2.98. The highest BCUT2D eigenvalue weighted by molar-refractivity contribution is 9.10. The Labute approximate surface area is 115 Å². The number of nitrogens with zero attached hydrogens (tertiary/aromatic N) is 3. The van der Waals surface area contributed by atoms with Crippen molar-refractivity contribution in [2.24, 2.45) is 0 Å². The summed E-state index contributed by atoms with van der Waals surface area (Å²) in [6, 6.07) is 7.77. The van der Waals surface area contributed by atoms with Gasteiger partial charge in [-0.2, -0.15) is 0 Å². The van der Waals surface area contributed by atoms with E-state index in [-0.39, 0.29) is 0 Å². The lowest BCUT2D eigenvalue weighted by Gasteiger charge is -2.22. The fourth-order valence-corrected chi connectivity index (χ4v) is 2.32. The monoisotopic (exact) mass is 306 g/mol. The van der Waals surface area contributed by atoms with Crippen LogP contribution in [0.4, 0.5) is 11.5 Å². The molecule has 94 valence electrons. The molecule has 2 heterocycles. The Kier molecular flexibility index (Phi) is 4.15. The third-order valence-electron chi connectivity index (χ3n) is 2.60. The van der Waals surface area contributed by atoms with E-state index in [0.717, 1.165) is 29.1 Å². The molecule has 4 nitrogen and oxygen atoms in total. The molecule has 0 spiro atoms. The summed E-state index contributed by atoms with van der Waals surface area (Å²) in [5.41, 5.74) is 7.37. The number of halogens is 1. The lowest BCUT2D eigenvalue weighted by Crippen LogP contribution is -2.24. The molecule has 2 rings (SSSR count). The van der Waals surface area contributed by atoms with Crippen molar-refractivity contribution in [1.82, 2.24) is 9.97 Å². The summed E-state index contributed by atoms with van der Waals surface area (Å²) in [6.45, 7) is 3.67. The molecule has 0 aliphatic rings. The van der Waals surface area contributed by atoms with Gasteiger partial charge in [-0.3, -0.25) is 4.98 Å². The Morgan fingerprint density at radius 3 is 2.78 bits per heavy atom. The minimum absolute atomic E-state index is 0.652. The van der Waals surface area contributed by atoms with E-state index in [0.29, 0.717) is 5.69 Å². The molecule has 0 bridgehead atoms. The predicted octanol–water partition coefficient (Wildman–Crippen LogP) is 2.85. The Hall–Kier alpha value is -1.62. The van der Waals surface area contributed by atoms with Crippen molar-refractivity contribution in [2.75, 3.05) is 17.2 Å². The Bertz CT molecular complexity index is 516. The van der Waals surface area contributed by atoms with E-state index < -0.39 is 0 Å². The number of nitrogen functional groups attached to an aromatic ring is 1. The highest BCUT2D eigenvalue weighted by atomic mass is 79.9. The first-order valence-corrected chi connectivity index (χ1v) is 6.56. The van der Waals surface area contributed by atoms with Gasteiger partial charge in [0.2, 0.25) is 0 Å². The van der Waals surface area contributed by atoms with E-state index in [2.05, 4.69) is 37.7 Å². The van der Waals surface area contributed by atoms with Crippen LogP contribution < -0.4 is 10.6 Å². The molecule has 2 aromatic rings. The molecule has 0 aliphatic carbocycles. The Morgan fingerprint density at radius 1 is 1.33 bits per heavy atom. The number of aromatic nitrogens is 2. The number of hydrogen-bond donors (Lipinski definition) is 1. The van der Waals surface area contributed by atoms with Crippen LogP contribution in [-0.2, 0) is 6.54 Å². The molecule has 0 radical (unpaired) electrons. The molecule has 5 heteroatoms. The van der Waals surface area contributed by atoms with Crippen molar-refractivity contribution >= 4 is 27.4 Å². The van der Waals surface area contributed by atoms with E-state index in [4.69, 9.17) is 5.73 Å². The van der Waals surface area contributed by atoms with Crippen molar-refractivity contribution in [3.63, 3.8) is 0 Å². The maximum Gasteiger partial charge on any atom is 0.143 e. The van der Waals surface area contributed by atoms with Crippen LogP contribution in [0.5, 0.6) is 0 Å². The standard InChI is InChI=1S/C13H15BrN4/c1-2-18(9-11-5-3-4-6-16-11)13-12(14)7-10(15)8-17-13/h3-8H,2,9,15H2,1H3. The first-order valence-electron chi connectivity index (χ1n) is 5.76. The van der Waals surface area contributed by atoms with Crippen LogP contribution in [0.1, 0.15) is 12.6 Å². The number of nitrogens with two attached hydrogens (primary N) is 1. The summed E-state index contributed by atoms with van der Waals surface area (Å²) in [4.78, 5) is 10.8. The molecule has 0 saturated carbocycles. The maximum absolute atomic E-state index is 5.70. The van der Waals surface area contributed by atoms with Crippen LogP contribution in [0.25, 0.3) is 0 Å². The first kappa shape index (κ1) is 12.8. The molecule has 0 fully saturated rings. The van der Waals surface area contributed by atoms with E-state index in [9.17, 15) is 0 Å². The van der Waals surface area contributed by atoms with Crippen LogP contribution >= 0.6 is 15.9 Å². The van der Waals surface area contributed by atoms with Gasteiger partial charge in [0.25, 0.3) is 0 Å². The molecular weight excluding hydrogens is 292 g/mol. The van der Waals surface area contributed by atoms with Gasteiger partial charge in [-0.15, -0.1) is 0 Å². The van der Waals surface area contributed by atoms with Gasteiger partial charge < -0.3 is 10.6 Å². The van der Waals surface area contributed by atoms with Gasteiger partial charge in [-0.05, 0) is 41.1 Å². The molecule has 0 saturated heterocycles. The maximum atomic E-state index is 5.70. The second-order valence-corrected chi connectivity index (χ2v) is 4.76. The summed E-state index contributed by atoms with van der Waals surface area (Å²) in [5, 5.41) is 0. The van der Waals surface area contributed by atoms with Gasteiger partial charge >= 0.3 is 0 Å². The molecule has 2 N–H and O–H groups in total. The minimum Gasteiger partial charge on any atom is -0.397 e. The summed E-state index contributed by atoms with van der Waals surface area (Å²) < 4.78 is 0.903. The van der Waals surface area contributed by atoms with Crippen LogP contribution in [-0.4, -0.2) is 16.5 Å². The SMILES string of the molecule is CCN(Cc1ccccn1)c1ncc(N)cc1Br. The van der Waals surface area contributed by atoms with Gasteiger partial charge in [-0.25, -0.2) is 4.98 Å². The smallest absolute Gasteiger partial charge is 0.143 e. The highest BCUT2D eigenvalue weighted by Gasteiger charge is 2.11. The van der Waals surface area contributed by atoms with Crippen molar-refractivity contribution < 1.29 is 0 Å². The van der Waals surface area contributed by atoms with E-state index >= 15 is 0 Å². The van der Waals surface area contributed by atoms with Gasteiger partial charge in [0.15, 0.2) is 0 Å². The Morgan fingerprint density at radius 2 is 2.17 bits per heavy atom. The van der Waals surface area contributed by atoms with E-state index in [1.54, 1.807) is 12.4 Å². The van der Waals surface area contributed by atoms with Gasteiger partial charge in [-0.1, -0.05) is 6.07 Å². The second kappa shape index (κ2) is 5.82. The number of hydrogen-bond acceptors (Lipinski definition) is 4. The average Bonchev–Trinajstić information content (AvgIpc) is 2.38. The molecule has 2 aromatic heterocycles. The molecule has 0 aromatic carbocycles.